The van der Waals surface area contributed by atoms with Gasteiger partial charge in [-0.1, -0.05) is 0 Å². The SMILES string of the molecule is Cc1ccc2c(N)c(C(=O)NCCOC(N)=O)sc2n1. The first-order valence-electron chi connectivity index (χ1n) is 5.85. The first-order chi connectivity index (χ1) is 9.49. The van der Waals surface area contributed by atoms with Crippen LogP contribution in [0.25, 0.3) is 10.2 Å². The Hall–Kier alpha value is -2.35. The number of anilines is 1. The molecule has 0 radical (unpaired) electrons. The Morgan fingerprint density at radius 3 is 2.90 bits per heavy atom. The number of nitrogens with zero attached hydrogens (tertiary/aromatic N) is 1. The average Bonchev–Trinajstić information content (AvgIpc) is 2.71. The zero-order chi connectivity index (χ0) is 14.7. The molecule has 106 valence electrons. The summed E-state index contributed by atoms with van der Waals surface area (Å²) in [6, 6.07) is 3.68. The standard InChI is InChI=1S/C12H14N4O3S/c1-6-2-3-7-8(13)9(20-11(7)16-6)10(17)15-4-5-19-12(14)18/h2-3H,4-5,13H2,1H3,(H2,14,18)(H,15,17). The van der Waals surface area contributed by atoms with Gasteiger partial charge in [0, 0.05) is 11.1 Å². The lowest BCUT2D eigenvalue weighted by atomic mass is 10.2. The first-order valence-corrected chi connectivity index (χ1v) is 6.66. The lowest BCUT2D eigenvalue weighted by molar-refractivity contribution is 0.0941. The van der Waals surface area contributed by atoms with Gasteiger partial charge in [0.15, 0.2) is 0 Å². The highest BCUT2D eigenvalue weighted by atomic mass is 32.1. The molecule has 2 aromatic heterocycles. The van der Waals surface area contributed by atoms with Crippen LogP contribution in [0.5, 0.6) is 0 Å². The molecule has 8 heteroatoms. The molecule has 0 bridgehead atoms. The molecule has 2 amide bonds. The number of pyridine rings is 1. The summed E-state index contributed by atoms with van der Waals surface area (Å²) >= 11 is 1.23. The van der Waals surface area contributed by atoms with E-state index < -0.39 is 6.09 Å². The van der Waals surface area contributed by atoms with Crippen LogP contribution in [0, 0.1) is 6.92 Å². The van der Waals surface area contributed by atoms with E-state index in [1.54, 1.807) is 0 Å². The predicted molar refractivity (Wildman–Crippen MR) is 76.6 cm³/mol. The monoisotopic (exact) mass is 294 g/mol. The van der Waals surface area contributed by atoms with Crippen LogP contribution < -0.4 is 16.8 Å². The van der Waals surface area contributed by atoms with Crippen molar-refractivity contribution < 1.29 is 14.3 Å². The van der Waals surface area contributed by atoms with Crippen molar-refractivity contribution in [3.8, 4) is 0 Å². The molecule has 0 aromatic carbocycles. The maximum atomic E-state index is 12.0. The molecule has 5 N–H and O–H groups in total. The number of hydrogen-bond acceptors (Lipinski definition) is 6. The number of amides is 2. The summed E-state index contributed by atoms with van der Waals surface area (Å²) in [6.45, 7) is 2.06. The molecule has 0 atom stereocenters. The molecule has 2 heterocycles. The molecule has 0 aliphatic rings. The first kappa shape index (κ1) is 14.1. The molecule has 7 nitrogen and oxygen atoms in total. The highest BCUT2D eigenvalue weighted by Crippen LogP contribution is 2.32. The Bertz CT molecular complexity index is 668. The third-order valence-corrected chi connectivity index (χ3v) is 3.69. The number of rotatable bonds is 4. The number of nitrogen functional groups attached to an aromatic ring is 1. The fourth-order valence-corrected chi connectivity index (χ4v) is 2.71. The van der Waals surface area contributed by atoms with Gasteiger partial charge in [-0.3, -0.25) is 4.79 Å². The van der Waals surface area contributed by atoms with E-state index in [9.17, 15) is 9.59 Å². The van der Waals surface area contributed by atoms with E-state index in [1.165, 1.54) is 11.3 Å². The topological polar surface area (TPSA) is 120 Å². The highest BCUT2D eigenvalue weighted by molar-refractivity contribution is 7.21. The van der Waals surface area contributed by atoms with Crippen molar-refractivity contribution in [2.75, 3.05) is 18.9 Å². The second kappa shape index (κ2) is 5.74. The Morgan fingerprint density at radius 2 is 2.20 bits per heavy atom. The van der Waals surface area contributed by atoms with Crippen LogP contribution in [0.4, 0.5) is 10.5 Å². The van der Waals surface area contributed by atoms with E-state index in [2.05, 4.69) is 15.0 Å². The maximum absolute atomic E-state index is 12.0. The summed E-state index contributed by atoms with van der Waals surface area (Å²) in [5, 5.41) is 3.36. The summed E-state index contributed by atoms with van der Waals surface area (Å²) in [4.78, 5) is 27.8. The molecular formula is C12H14N4O3S. The molecule has 0 aliphatic heterocycles. The van der Waals surface area contributed by atoms with E-state index in [0.717, 1.165) is 15.9 Å². The number of aryl methyl sites for hydroxylation is 1. The maximum Gasteiger partial charge on any atom is 0.404 e. The normalized spacial score (nSPS) is 10.4. The minimum atomic E-state index is -0.875. The van der Waals surface area contributed by atoms with E-state index in [0.29, 0.717) is 10.6 Å². The van der Waals surface area contributed by atoms with Gasteiger partial charge in [-0.15, -0.1) is 11.3 Å². The fraction of sp³-hybridized carbons (Fsp3) is 0.250. The minimum Gasteiger partial charge on any atom is -0.448 e. The number of aromatic nitrogens is 1. The highest BCUT2D eigenvalue weighted by Gasteiger charge is 2.16. The molecule has 0 spiro atoms. The number of carbonyl (C=O) groups is 2. The lowest BCUT2D eigenvalue weighted by Crippen LogP contribution is -2.28. The third kappa shape index (κ3) is 2.97. The summed E-state index contributed by atoms with van der Waals surface area (Å²) in [5.74, 6) is -0.323. The Balaban J connectivity index is 2.10. The van der Waals surface area contributed by atoms with Crippen LogP contribution in [-0.4, -0.2) is 30.1 Å². The van der Waals surface area contributed by atoms with Crippen molar-refractivity contribution in [1.82, 2.24) is 10.3 Å². The van der Waals surface area contributed by atoms with Crippen molar-refractivity contribution in [2.24, 2.45) is 5.73 Å². The number of fused-ring (bicyclic) bond motifs is 1. The van der Waals surface area contributed by atoms with Gasteiger partial charge < -0.3 is 21.5 Å². The summed E-state index contributed by atoms with van der Waals surface area (Å²) in [7, 11) is 0. The molecular weight excluding hydrogens is 280 g/mol. The molecule has 0 unspecified atom stereocenters. The molecule has 0 saturated heterocycles. The van der Waals surface area contributed by atoms with Crippen LogP contribution in [0.3, 0.4) is 0 Å². The van der Waals surface area contributed by atoms with Gasteiger partial charge in [0.2, 0.25) is 0 Å². The Morgan fingerprint density at radius 1 is 1.45 bits per heavy atom. The Labute approximate surface area is 118 Å². The molecule has 2 aromatic rings. The van der Waals surface area contributed by atoms with Crippen molar-refractivity contribution >= 4 is 39.2 Å². The molecule has 0 saturated carbocycles. The molecule has 2 rings (SSSR count). The summed E-state index contributed by atoms with van der Waals surface area (Å²) < 4.78 is 4.52. The van der Waals surface area contributed by atoms with E-state index in [1.807, 2.05) is 19.1 Å². The van der Waals surface area contributed by atoms with Crippen LogP contribution in [0.1, 0.15) is 15.4 Å². The van der Waals surface area contributed by atoms with Crippen molar-refractivity contribution in [3.63, 3.8) is 0 Å². The second-order valence-corrected chi connectivity index (χ2v) is 5.07. The zero-order valence-electron chi connectivity index (χ0n) is 10.8. The average molecular weight is 294 g/mol. The van der Waals surface area contributed by atoms with Gasteiger partial charge in [0.05, 0.1) is 12.2 Å². The van der Waals surface area contributed by atoms with Gasteiger partial charge in [-0.05, 0) is 19.1 Å². The van der Waals surface area contributed by atoms with E-state index in [-0.39, 0.29) is 19.1 Å². The third-order valence-electron chi connectivity index (χ3n) is 2.57. The second-order valence-electron chi connectivity index (χ2n) is 4.07. The zero-order valence-corrected chi connectivity index (χ0v) is 11.6. The van der Waals surface area contributed by atoms with Crippen LogP contribution in [0.15, 0.2) is 12.1 Å². The lowest BCUT2D eigenvalue weighted by Gasteiger charge is -2.04. The summed E-state index contributed by atoms with van der Waals surface area (Å²) in [5.41, 5.74) is 12.0. The number of hydrogen-bond donors (Lipinski definition) is 3. The molecule has 0 aliphatic carbocycles. The number of primary amides is 1. The number of nitrogens with two attached hydrogens (primary N) is 2. The van der Waals surface area contributed by atoms with Crippen LogP contribution in [-0.2, 0) is 4.74 Å². The molecule has 20 heavy (non-hydrogen) atoms. The van der Waals surface area contributed by atoms with Crippen LogP contribution >= 0.6 is 11.3 Å². The van der Waals surface area contributed by atoms with E-state index >= 15 is 0 Å². The van der Waals surface area contributed by atoms with Crippen molar-refractivity contribution in [3.05, 3.63) is 22.7 Å². The van der Waals surface area contributed by atoms with Gasteiger partial charge in [-0.25, -0.2) is 9.78 Å². The molecule has 0 fully saturated rings. The number of nitrogens with one attached hydrogen (secondary N) is 1. The van der Waals surface area contributed by atoms with Gasteiger partial charge >= 0.3 is 6.09 Å². The number of carbonyl (C=O) groups excluding carboxylic acids is 2. The van der Waals surface area contributed by atoms with Crippen LogP contribution in [0.2, 0.25) is 0 Å². The number of thiophene rings is 1. The predicted octanol–water partition coefficient (Wildman–Crippen LogP) is 1.01. The minimum absolute atomic E-state index is 0.0171. The van der Waals surface area contributed by atoms with Crippen molar-refractivity contribution in [2.45, 2.75) is 6.92 Å². The largest absolute Gasteiger partial charge is 0.448 e. The fourth-order valence-electron chi connectivity index (χ4n) is 1.65. The van der Waals surface area contributed by atoms with E-state index in [4.69, 9.17) is 11.5 Å². The quantitative estimate of drug-likeness (QED) is 0.727. The van der Waals surface area contributed by atoms with Crippen molar-refractivity contribution in [1.29, 1.82) is 0 Å². The van der Waals surface area contributed by atoms with Gasteiger partial charge in [-0.2, -0.15) is 0 Å². The smallest absolute Gasteiger partial charge is 0.404 e. The number of ether oxygens (including phenoxy) is 1. The van der Waals surface area contributed by atoms with Gasteiger partial charge in [0.1, 0.15) is 16.3 Å². The Kier molecular flexibility index (Phi) is 4.04. The van der Waals surface area contributed by atoms with Gasteiger partial charge in [0.25, 0.3) is 5.91 Å². The summed E-state index contributed by atoms with van der Waals surface area (Å²) in [6.07, 6.45) is -0.875.